The van der Waals surface area contributed by atoms with E-state index in [1.165, 1.54) is 0 Å². The quantitative estimate of drug-likeness (QED) is 0.319. The molecule has 0 amide bonds. The van der Waals surface area contributed by atoms with Crippen molar-refractivity contribution in [2.75, 3.05) is 43.1 Å². The number of benzene rings is 2. The fourth-order valence-electron chi connectivity index (χ4n) is 2.83. The first-order valence-electron chi connectivity index (χ1n) is 8.55. The molecule has 0 heterocycles. The summed E-state index contributed by atoms with van der Waals surface area (Å²) in [5.41, 5.74) is 17.3. The molecule has 0 bridgehead atoms. The minimum absolute atomic E-state index is 0.00660. The second-order valence-electron chi connectivity index (χ2n) is 6.19. The monoisotopic (exact) mass is 361 g/mol. The van der Waals surface area contributed by atoms with Gasteiger partial charge in [0.25, 0.3) is 0 Å². The zero-order valence-electron chi connectivity index (χ0n) is 14.7. The molecule has 0 radical (unpaired) electrons. The van der Waals surface area contributed by atoms with Gasteiger partial charge in [0.1, 0.15) is 0 Å². The summed E-state index contributed by atoms with van der Waals surface area (Å²) in [4.78, 5) is 0. The lowest BCUT2D eigenvalue weighted by Gasteiger charge is -2.19. The number of hydrogen-bond donors (Lipinski definition) is 7. The summed E-state index contributed by atoms with van der Waals surface area (Å²) in [5, 5.41) is 40.3. The van der Waals surface area contributed by atoms with Crippen LogP contribution in [-0.2, 0) is 12.8 Å². The van der Waals surface area contributed by atoms with Crippen molar-refractivity contribution in [3.63, 3.8) is 0 Å². The Labute approximate surface area is 152 Å². The second kappa shape index (κ2) is 9.40. The third-order valence-electron chi connectivity index (χ3n) is 4.18. The van der Waals surface area contributed by atoms with Gasteiger partial charge in [-0.15, -0.1) is 0 Å². The molecule has 0 saturated carbocycles. The highest BCUT2D eigenvalue weighted by Crippen LogP contribution is 2.36. The fraction of sp³-hybridized carbons (Fsp3) is 0.368. The van der Waals surface area contributed by atoms with Crippen LogP contribution in [0.4, 0.5) is 17.1 Å². The largest absolute Gasteiger partial charge is 0.399 e. The summed E-state index contributed by atoms with van der Waals surface area (Å²) in [5.74, 6) is 0. The first-order chi connectivity index (χ1) is 12.5. The van der Waals surface area contributed by atoms with Gasteiger partial charge in [0.05, 0.1) is 12.7 Å². The molecular formula is C19H27N3O4. The predicted octanol–water partition coefficient (Wildman–Crippen LogP) is 0.353. The average molecular weight is 361 g/mol. The van der Waals surface area contributed by atoms with Crippen LogP contribution in [0.15, 0.2) is 30.3 Å². The minimum Gasteiger partial charge on any atom is -0.399 e. The first kappa shape index (κ1) is 20.0. The maximum absolute atomic E-state index is 9.60. The SMILES string of the molecule is Nc1ccc(NCC(O)CO)c(-c2cc(CCO)cc(CCO)c2N)c1. The Kier molecular flexibility index (Phi) is 7.23. The summed E-state index contributed by atoms with van der Waals surface area (Å²) in [7, 11) is 0. The van der Waals surface area contributed by atoms with Gasteiger partial charge >= 0.3 is 0 Å². The van der Waals surface area contributed by atoms with Gasteiger partial charge in [-0.05, 0) is 48.2 Å². The molecule has 9 N–H and O–H groups in total. The molecule has 1 unspecified atom stereocenters. The number of hydrogen-bond acceptors (Lipinski definition) is 7. The summed E-state index contributed by atoms with van der Waals surface area (Å²) in [6.07, 6.45) is -0.00435. The summed E-state index contributed by atoms with van der Waals surface area (Å²) >= 11 is 0. The number of rotatable bonds is 9. The zero-order valence-corrected chi connectivity index (χ0v) is 14.7. The van der Waals surface area contributed by atoms with Crippen molar-refractivity contribution < 1.29 is 20.4 Å². The Morgan fingerprint density at radius 1 is 0.923 bits per heavy atom. The summed E-state index contributed by atoms with van der Waals surface area (Å²) < 4.78 is 0. The molecule has 0 spiro atoms. The molecule has 2 aromatic carbocycles. The van der Waals surface area contributed by atoms with Crippen molar-refractivity contribution in [2.45, 2.75) is 18.9 Å². The van der Waals surface area contributed by atoms with E-state index < -0.39 is 6.10 Å². The van der Waals surface area contributed by atoms with E-state index in [-0.39, 0.29) is 26.4 Å². The molecule has 142 valence electrons. The van der Waals surface area contributed by atoms with Gasteiger partial charge in [-0.25, -0.2) is 0 Å². The molecule has 2 rings (SSSR count). The number of nitrogens with two attached hydrogens (primary N) is 2. The van der Waals surface area contributed by atoms with Crippen LogP contribution in [0.5, 0.6) is 0 Å². The third kappa shape index (κ3) is 4.86. The lowest BCUT2D eigenvalue weighted by atomic mass is 9.93. The van der Waals surface area contributed by atoms with Crippen LogP contribution in [0.2, 0.25) is 0 Å². The average Bonchev–Trinajstić information content (AvgIpc) is 2.63. The number of anilines is 3. The van der Waals surface area contributed by atoms with Crippen LogP contribution < -0.4 is 16.8 Å². The number of aliphatic hydroxyl groups is 4. The van der Waals surface area contributed by atoms with Gasteiger partial charge in [0, 0.05) is 47.9 Å². The van der Waals surface area contributed by atoms with Crippen molar-refractivity contribution in [1.29, 1.82) is 0 Å². The van der Waals surface area contributed by atoms with Crippen molar-refractivity contribution in [2.24, 2.45) is 0 Å². The van der Waals surface area contributed by atoms with E-state index in [0.29, 0.717) is 24.2 Å². The van der Waals surface area contributed by atoms with Crippen molar-refractivity contribution in [1.82, 2.24) is 0 Å². The smallest absolute Gasteiger partial charge is 0.0942 e. The van der Waals surface area contributed by atoms with Crippen LogP contribution in [-0.4, -0.2) is 52.9 Å². The van der Waals surface area contributed by atoms with Crippen molar-refractivity contribution >= 4 is 17.1 Å². The van der Waals surface area contributed by atoms with Crippen molar-refractivity contribution in [3.8, 4) is 11.1 Å². The molecule has 7 heteroatoms. The van der Waals surface area contributed by atoms with E-state index in [2.05, 4.69) is 5.32 Å². The Hall–Kier alpha value is -2.32. The highest BCUT2D eigenvalue weighted by molar-refractivity contribution is 5.88. The topological polar surface area (TPSA) is 145 Å². The van der Waals surface area contributed by atoms with E-state index >= 15 is 0 Å². The maximum Gasteiger partial charge on any atom is 0.0942 e. The standard InChI is InChI=1S/C19H27N3O4/c20-14-1-2-18(22-10-15(26)11-25)16(9-14)17-8-12(3-5-23)7-13(4-6-24)19(17)21/h1-2,7-9,15,22-26H,3-6,10-11,20-21H2. The van der Waals surface area contributed by atoms with Gasteiger partial charge in [-0.2, -0.15) is 0 Å². The Balaban J connectivity index is 2.53. The maximum atomic E-state index is 9.60. The number of aliphatic hydroxyl groups excluding tert-OH is 4. The fourth-order valence-corrected chi connectivity index (χ4v) is 2.83. The molecule has 0 aliphatic carbocycles. The molecule has 0 aromatic heterocycles. The third-order valence-corrected chi connectivity index (χ3v) is 4.18. The molecule has 0 aliphatic rings. The highest BCUT2D eigenvalue weighted by Gasteiger charge is 2.14. The van der Waals surface area contributed by atoms with Gasteiger partial charge in [-0.3, -0.25) is 0 Å². The summed E-state index contributed by atoms with van der Waals surface area (Å²) in [6, 6.07) is 9.10. The molecule has 7 nitrogen and oxygen atoms in total. The highest BCUT2D eigenvalue weighted by atomic mass is 16.3. The van der Waals surface area contributed by atoms with Crippen molar-refractivity contribution in [3.05, 3.63) is 41.5 Å². The Morgan fingerprint density at radius 2 is 1.65 bits per heavy atom. The van der Waals surface area contributed by atoms with Crippen LogP contribution in [0.25, 0.3) is 11.1 Å². The molecule has 2 aromatic rings. The van der Waals surface area contributed by atoms with E-state index in [0.717, 1.165) is 27.9 Å². The van der Waals surface area contributed by atoms with E-state index in [1.54, 1.807) is 18.2 Å². The molecule has 0 aliphatic heterocycles. The lowest BCUT2D eigenvalue weighted by Crippen LogP contribution is -2.23. The zero-order chi connectivity index (χ0) is 19.1. The lowest BCUT2D eigenvalue weighted by molar-refractivity contribution is 0.105. The second-order valence-corrected chi connectivity index (χ2v) is 6.19. The van der Waals surface area contributed by atoms with E-state index in [9.17, 15) is 15.3 Å². The summed E-state index contributed by atoms with van der Waals surface area (Å²) in [6.45, 7) is -0.192. The van der Waals surface area contributed by atoms with Gasteiger partial charge < -0.3 is 37.2 Å². The Bertz CT molecular complexity index is 737. The van der Waals surface area contributed by atoms with Crippen LogP contribution in [0.3, 0.4) is 0 Å². The van der Waals surface area contributed by atoms with E-state index in [4.69, 9.17) is 16.6 Å². The Morgan fingerprint density at radius 3 is 2.31 bits per heavy atom. The van der Waals surface area contributed by atoms with Gasteiger partial charge in [-0.1, -0.05) is 6.07 Å². The number of nitrogen functional groups attached to an aromatic ring is 2. The van der Waals surface area contributed by atoms with Gasteiger partial charge in [0.2, 0.25) is 0 Å². The van der Waals surface area contributed by atoms with E-state index in [1.807, 2.05) is 12.1 Å². The van der Waals surface area contributed by atoms with Crippen LogP contribution in [0.1, 0.15) is 11.1 Å². The normalized spacial score (nSPS) is 12.2. The molecule has 26 heavy (non-hydrogen) atoms. The van der Waals surface area contributed by atoms with Gasteiger partial charge in [0.15, 0.2) is 0 Å². The van der Waals surface area contributed by atoms with Crippen LogP contribution in [0, 0.1) is 0 Å². The number of nitrogens with one attached hydrogen (secondary N) is 1. The predicted molar refractivity (Wildman–Crippen MR) is 104 cm³/mol. The molecule has 0 fully saturated rings. The first-order valence-corrected chi connectivity index (χ1v) is 8.55. The minimum atomic E-state index is -0.886. The molecule has 1 atom stereocenters. The molecule has 0 saturated heterocycles. The molecular weight excluding hydrogens is 334 g/mol. The van der Waals surface area contributed by atoms with Crippen LogP contribution >= 0.6 is 0 Å².